The fourth-order valence-corrected chi connectivity index (χ4v) is 4.86. The van der Waals surface area contributed by atoms with Gasteiger partial charge in [-0.25, -0.2) is 0 Å². The molecule has 0 radical (unpaired) electrons. The summed E-state index contributed by atoms with van der Waals surface area (Å²) < 4.78 is 13.1. The molecule has 1 unspecified atom stereocenters. The zero-order valence-electron chi connectivity index (χ0n) is 20.0. The van der Waals surface area contributed by atoms with Crippen LogP contribution in [0.2, 0.25) is 0 Å². The summed E-state index contributed by atoms with van der Waals surface area (Å²) >= 11 is 1.41. The number of carbonyl (C=O) groups is 2. The summed E-state index contributed by atoms with van der Waals surface area (Å²) in [5, 5.41) is 16.5. The van der Waals surface area contributed by atoms with Crippen molar-refractivity contribution in [1.29, 1.82) is 0 Å². The van der Waals surface area contributed by atoms with Crippen molar-refractivity contribution < 1.29 is 24.2 Å². The van der Waals surface area contributed by atoms with Crippen LogP contribution in [0.4, 0.5) is 0 Å². The maximum atomic E-state index is 13.4. The molecule has 186 valence electrons. The highest BCUT2D eigenvalue weighted by atomic mass is 32.2. The smallest absolute Gasteiger partial charge is 0.268 e. The molecule has 2 aliphatic heterocycles. The molecule has 0 aliphatic carbocycles. The van der Waals surface area contributed by atoms with Gasteiger partial charge in [0.2, 0.25) is 0 Å². The fraction of sp³-hybridized carbons (Fsp3) is 0.385. The molecule has 0 aromatic heterocycles. The Hall–Kier alpha value is -3.17. The summed E-state index contributed by atoms with van der Waals surface area (Å²) in [6.45, 7) is 3.50. The molecule has 0 saturated carbocycles. The average molecular weight is 498 g/mol. The largest absolute Gasteiger partial charge is 0.486 e. The standard InChI is InChI=1S/C26H31N3O5S/c1-3-4-10-27-26(32)24(30)19(13-17-8-6-5-7-9-17)28-25(31)20-14-18-15-21-22(34-12-11-33-21)16-23(18)35-29(20)2/h5-9,14-16,19,24,30H,3-4,10-13H2,1-2H3,(H,27,32)(H,28,31)/t19-,24?/m0/s1. The third-order valence-electron chi connectivity index (χ3n) is 5.87. The summed E-state index contributed by atoms with van der Waals surface area (Å²) in [4.78, 5) is 26.9. The van der Waals surface area contributed by atoms with Crippen molar-refractivity contribution in [3.05, 3.63) is 59.3 Å². The number of aliphatic hydroxyl groups excluding tert-OH is 1. The van der Waals surface area contributed by atoms with E-state index in [4.69, 9.17) is 9.47 Å². The molecule has 0 bridgehead atoms. The highest BCUT2D eigenvalue weighted by molar-refractivity contribution is 7.97. The maximum absolute atomic E-state index is 13.4. The number of hydrogen-bond acceptors (Lipinski definition) is 7. The number of fused-ring (bicyclic) bond motifs is 2. The Bertz CT molecular complexity index is 1090. The summed E-state index contributed by atoms with van der Waals surface area (Å²) in [5.41, 5.74) is 2.17. The van der Waals surface area contributed by atoms with Crippen molar-refractivity contribution in [3.8, 4) is 11.5 Å². The minimum atomic E-state index is -1.39. The van der Waals surface area contributed by atoms with E-state index in [1.807, 2.05) is 49.4 Å². The van der Waals surface area contributed by atoms with Gasteiger partial charge in [0.15, 0.2) is 17.6 Å². The number of nitrogens with zero attached hydrogens (tertiary/aromatic N) is 1. The fourth-order valence-electron chi connectivity index (χ4n) is 3.95. The van der Waals surface area contributed by atoms with Crippen molar-refractivity contribution in [2.75, 3.05) is 26.8 Å². The second-order valence-corrected chi connectivity index (χ2v) is 9.68. The molecule has 0 spiro atoms. The van der Waals surface area contributed by atoms with E-state index in [-0.39, 0.29) is 5.91 Å². The Balaban J connectivity index is 1.54. The van der Waals surface area contributed by atoms with Crippen molar-refractivity contribution in [2.24, 2.45) is 0 Å². The number of aliphatic hydroxyl groups is 1. The van der Waals surface area contributed by atoms with Crippen LogP contribution < -0.4 is 20.1 Å². The van der Waals surface area contributed by atoms with Gasteiger partial charge in [0.25, 0.3) is 11.8 Å². The highest BCUT2D eigenvalue weighted by Crippen LogP contribution is 2.42. The molecular formula is C26H31N3O5S. The van der Waals surface area contributed by atoms with Crippen LogP contribution in [0.1, 0.15) is 30.9 Å². The summed E-state index contributed by atoms with van der Waals surface area (Å²) in [7, 11) is 1.80. The number of likely N-dealkylation sites (N-methyl/N-ethyl adjacent to an activating group) is 1. The van der Waals surface area contributed by atoms with Gasteiger partial charge in [-0.05, 0) is 54.1 Å². The number of benzene rings is 2. The third kappa shape index (κ3) is 6.10. The van der Waals surface area contributed by atoms with Gasteiger partial charge in [-0.2, -0.15) is 0 Å². The van der Waals surface area contributed by atoms with Gasteiger partial charge in [-0.1, -0.05) is 43.7 Å². The average Bonchev–Trinajstić information content (AvgIpc) is 2.87. The van der Waals surface area contributed by atoms with Gasteiger partial charge in [0, 0.05) is 18.5 Å². The Morgan fingerprint density at radius 1 is 1.14 bits per heavy atom. The first-order chi connectivity index (χ1) is 17.0. The van der Waals surface area contributed by atoms with Crippen LogP contribution >= 0.6 is 11.9 Å². The third-order valence-corrected chi connectivity index (χ3v) is 6.89. The summed E-state index contributed by atoms with van der Waals surface area (Å²) in [5.74, 6) is 0.477. The number of rotatable bonds is 9. The minimum absolute atomic E-state index is 0.314. The predicted molar refractivity (Wildman–Crippen MR) is 135 cm³/mol. The number of carbonyl (C=O) groups excluding carboxylic acids is 2. The SMILES string of the molecule is CCCCNC(=O)C(O)[C@H](Cc1ccccc1)NC(=O)C1=Cc2cc3c(cc2SN1C)OCCO3. The highest BCUT2D eigenvalue weighted by Gasteiger charge is 2.31. The van der Waals surface area contributed by atoms with Crippen LogP contribution in [-0.4, -0.2) is 60.2 Å². The first-order valence-corrected chi connectivity index (χ1v) is 12.6. The Kier molecular flexibility index (Phi) is 8.20. The quantitative estimate of drug-likeness (QED) is 0.362. The molecule has 2 aromatic carbocycles. The van der Waals surface area contributed by atoms with E-state index in [0.717, 1.165) is 28.9 Å². The Morgan fingerprint density at radius 2 is 1.86 bits per heavy atom. The van der Waals surface area contributed by atoms with E-state index >= 15 is 0 Å². The van der Waals surface area contributed by atoms with Gasteiger partial charge < -0.3 is 29.5 Å². The topological polar surface area (TPSA) is 100 Å². The van der Waals surface area contributed by atoms with E-state index in [0.29, 0.717) is 43.4 Å². The first kappa shape index (κ1) is 24.9. The number of nitrogens with one attached hydrogen (secondary N) is 2. The molecule has 2 amide bonds. The van der Waals surface area contributed by atoms with E-state index in [9.17, 15) is 14.7 Å². The normalized spacial score (nSPS) is 16.0. The van der Waals surface area contributed by atoms with Crippen LogP contribution in [0.25, 0.3) is 6.08 Å². The zero-order valence-corrected chi connectivity index (χ0v) is 20.8. The van der Waals surface area contributed by atoms with E-state index in [2.05, 4.69) is 10.6 Å². The summed E-state index contributed by atoms with van der Waals surface area (Å²) in [6.07, 6.45) is 2.46. The molecule has 35 heavy (non-hydrogen) atoms. The van der Waals surface area contributed by atoms with E-state index in [1.54, 1.807) is 17.4 Å². The van der Waals surface area contributed by atoms with Gasteiger partial charge in [0.05, 0.1) is 6.04 Å². The molecule has 2 heterocycles. The lowest BCUT2D eigenvalue weighted by molar-refractivity contribution is -0.131. The second kappa shape index (κ2) is 11.5. The van der Waals surface area contributed by atoms with E-state index < -0.39 is 18.1 Å². The molecule has 8 nitrogen and oxygen atoms in total. The second-order valence-electron chi connectivity index (χ2n) is 8.51. The van der Waals surface area contributed by atoms with Gasteiger partial charge in [-0.3, -0.25) is 9.59 Å². The minimum Gasteiger partial charge on any atom is -0.486 e. The number of hydrogen-bond donors (Lipinski definition) is 3. The predicted octanol–water partition coefficient (Wildman–Crippen LogP) is 2.76. The van der Waals surface area contributed by atoms with E-state index in [1.165, 1.54) is 11.9 Å². The first-order valence-electron chi connectivity index (χ1n) is 11.8. The van der Waals surface area contributed by atoms with Crippen molar-refractivity contribution >= 4 is 29.8 Å². The molecule has 2 atom stereocenters. The van der Waals surface area contributed by atoms with Crippen molar-refractivity contribution in [2.45, 2.75) is 43.2 Å². The van der Waals surface area contributed by atoms with Gasteiger partial charge in [-0.15, -0.1) is 0 Å². The Morgan fingerprint density at radius 3 is 2.57 bits per heavy atom. The number of ether oxygens (including phenoxy) is 2. The number of unbranched alkanes of at least 4 members (excludes halogenated alkanes) is 1. The monoisotopic (exact) mass is 497 g/mol. The lowest BCUT2D eigenvalue weighted by atomic mass is 10.00. The van der Waals surface area contributed by atoms with Gasteiger partial charge in [0.1, 0.15) is 18.9 Å². The molecule has 4 rings (SSSR count). The van der Waals surface area contributed by atoms with Crippen LogP contribution in [0.15, 0.2) is 53.1 Å². The lowest BCUT2D eigenvalue weighted by Gasteiger charge is -2.30. The number of amides is 2. The van der Waals surface area contributed by atoms with Gasteiger partial charge >= 0.3 is 0 Å². The maximum Gasteiger partial charge on any atom is 0.268 e. The van der Waals surface area contributed by atoms with Crippen molar-refractivity contribution in [1.82, 2.24) is 14.9 Å². The Labute approximate surface area is 209 Å². The van der Waals surface area contributed by atoms with Crippen LogP contribution in [0, 0.1) is 0 Å². The molecule has 0 saturated heterocycles. The zero-order chi connectivity index (χ0) is 24.8. The lowest BCUT2D eigenvalue weighted by Crippen LogP contribution is -2.52. The molecule has 2 aliphatic rings. The molecular weight excluding hydrogens is 466 g/mol. The van der Waals surface area contributed by atoms with Crippen molar-refractivity contribution in [3.63, 3.8) is 0 Å². The summed E-state index contributed by atoms with van der Waals surface area (Å²) in [6, 6.07) is 12.5. The molecule has 3 N–H and O–H groups in total. The molecule has 2 aromatic rings. The molecule has 9 heteroatoms. The van der Waals surface area contributed by atoms with Crippen LogP contribution in [-0.2, 0) is 16.0 Å². The molecule has 0 fully saturated rings. The van der Waals surface area contributed by atoms with Crippen LogP contribution in [0.3, 0.4) is 0 Å². The van der Waals surface area contributed by atoms with Crippen LogP contribution in [0.5, 0.6) is 11.5 Å².